The van der Waals surface area contributed by atoms with E-state index in [0.29, 0.717) is 31.9 Å². The summed E-state index contributed by atoms with van der Waals surface area (Å²) in [5, 5.41) is 2.73. The maximum absolute atomic E-state index is 12.7. The molecule has 41 heavy (non-hydrogen) atoms. The fourth-order valence-corrected chi connectivity index (χ4v) is 6.31. The van der Waals surface area contributed by atoms with Gasteiger partial charge in [-0.05, 0) is 81.6 Å². The molecule has 9 nitrogen and oxygen atoms in total. The van der Waals surface area contributed by atoms with E-state index >= 15 is 0 Å². The molecule has 1 spiro atoms. The van der Waals surface area contributed by atoms with Crippen LogP contribution in [0.2, 0.25) is 0 Å². The van der Waals surface area contributed by atoms with E-state index in [9.17, 15) is 9.59 Å². The molecule has 4 rings (SSSR count). The van der Waals surface area contributed by atoms with Gasteiger partial charge in [-0.15, -0.1) is 0 Å². The van der Waals surface area contributed by atoms with E-state index in [2.05, 4.69) is 35.9 Å². The lowest BCUT2D eigenvalue weighted by molar-refractivity contribution is -0.125. The second kappa shape index (κ2) is 14.6. The molecule has 1 aromatic rings. The maximum atomic E-state index is 12.7. The number of fused-ring (bicyclic) bond motifs is 2. The Kier molecular flexibility index (Phi) is 11.0. The minimum atomic E-state index is -0.471. The van der Waals surface area contributed by atoms with Crippen molar-refractivity contribution in [3.8, 4) is 5.75 Å². The minimum absolute atomic E-state index is 0.0191. The topological polar surface area (TPSA) is 109 Å². The fourth-order valence-electron chi connectivity index (χ4n) is 6.31. The van der Waals surface area contributed by atoms with Crippen LogP contribution in [0.25, 0.3) is 0 Å². The third-order valence-corrected chi connectivity index (χ3v) is 9.04. The highest BCUT2D eigenvalue weighted by atomic mass is 16.5. The number of aldehydes is 1. The van der Waals surface area contributed by atoms with Crippen LogP contribution >= 0.6 is 0 Å². The lowest BCUT2D eigenvalue weighted by Crippen LogP contribution is -2.44. The summed E-state index contributed by atoms with van der Waals surface area (Å²) in [6.07, 6.45) is 11.1. The number of rotatable bonds is 13. The predicted molar refractivity (Wildman–Crippen MR) is 162 cm³/mol. The van der Waals surface area contributed by atoms with Gasteiger partial charge in [0, 0.05) is 69.1 Å². The summed E-state index contributed by atoms with van der Waals surface area (Å²) in [5.41, 5.74) is 10.5. The predicted octanol–water partition coefficient (Wildman–Crippen LogP) is 3.10. The first-order valence-electron chi connectivity index (χ1n) is 14.9. The maximum Gasteiger partial charge on any atom is 0.242 e. The Bertz CT molecular complexity index is 1120. The number of likely N-dealkylation sites (N-methyl/N-ethyl adjacent to an activating group) is 1. The molecule has 224 valence electrons. The van der Waals surface area contributed by atoms with Crippen molar-refractivity contribution in [2.45, 2.75) is 63.5 Å². The molecule has 0 radical (unpaired) electrons. The smallest absolute Gasteiger partial charge is 0.242 e. The highest BCUT2D eigenvalue weighted by Crippen LogP contribution is 2.48. The van der Waals surface area contributed by atoms with Crippen molar-refractivity contribution in [3.63, 3.8) is 0 Å². The second-order valence-corrected chi connectivity index (χ2v) is 11.6. The fraction of sp³-hybridized carbons (Fsp3) is 0.594. The average Bonchev–Trinajstić information content (AvgIpc) is 3.36. The molecule has 3 N–H and O–H groups in total. The van der Waals surface area contributed by atoms with Crippen LogP contribution in [0.15, 0.2) is 41.7 Å². The molecule has 3 aliphatic heterocycles. The Balaban J connectivity index is 1.41. The minimum Gasteiger partial charge on any atom is -0.492 e. The summed E-state index contributed by atoms with van der Waals surface area (Å²) >= 11 is 0. The number of hydrogen-bond donors (Lipinski definition) is 2. The van der Waals surface area contributed by atoms with E-state index in [-0.39, 0.29) is 11.3 Å². The van der Waals surface area contributed by atoms with Crippen molar-refractivity contribution in [2.24, 2.45) is 16.6 Å². The molecule has 0 aliphatic carbocycles. The number of aliphatic imine (C=N–C) groups is 1. The van der Waals surface area contributed by atoms with Crippen molar-refractivity contribution < 1.29 is 19.1 Å². The molecule has 1 atom stereocenters. The summed E-state index contributed by atoms with van der Waals surface area (Å²) in [7, 11) is 1.62. The second-order valence-electron chi connectivity index (χ2n) is 11.6. The zero-order chi connectivity index (χ0) is 29.2. The SMILES string of the molecule is C=CN(Cc1c(C)ccc2c1OCC21CCN(C/C(C=NCC2CCOCC2)=C/N)CC1)C(CCC=O)C(=O)NC. The average molecular weight is 566 g/mol. The normalized spacial score (nSPS) is 20.0. The molecule has 1 unspecified atom stereocenters. The first kappa shape index (κ1) is 30.8. The van der Waals surface area contributed by atoms with Crippen LogP contribution < -0.4 is 15.8 Å². The van der Waals surface area contributed by atoms with Crippen LogP contribution in [-0.2, 0) is 26.3 Å². The Labute approximate surface area is 244 Å². The number of piperidine rings is 1. The van der Waals surface area contributed by atoms with Gasteiger partial charge < -0.3 is 30.2 Å². The van der Waals surface area contributed by atoms with Gasteiger partial charge in [-0.25, -0.2) is 0 Å². The molecule has 0 bridgehead atoms. The summed E-state index contributed by atoms with van der Waals surface area (Å²) in [4.78, 5) is 32.8. The van der Waals surface area contributed by atoms with E-state index in [1.54, 1.807) is 19.4 Å². The van der Waals surface area contributed by atoms with Crippen LogP contribution in [0.1, 0.15) is 55.2 Å². The third kappa shape index (κ3) is 7.38. The number of nitrogens with two attached hydrogens (primary N) is 1. The summed E-state index contributed by atoms with van der Waals surface area (Å²) in [6.45, 7) is 12.4. The number of carbonyl (C=O) groups excluding carboxylic acids is 2. The number of benzene rings is 1. The van der Waals surface area contributed by atoms with Gasteiger partial charge >= 0.3 is 0 Å². The molecule has 3 heterocycles. The van der Waals surface area contributed by atoms with Crippen LogP contribution in [0.5, 0.6) is 5.75 Å². The zero-order valence-electron chi connectivity index (χ0n) is 24.8. The van der Waals surface area contributed by atoms with E-state index in [1.807, 2.05) is 11.1 Å². The molecule has 0 saturated carbocycles. The number of nitrogens with one attached hydrogen (secondary N) is 1. The third-order valence-electron chi connectivity index (χ3n) is 9.04. The van der Waals surface area contributed by atoms with Crippen LogP contribution in [-0.4, -0.2) is 87.3 Å². The molecule has 1 aromatic carbocycles. The molecule has 0 aromatic heterocycles. The first-order chi connectivity index (χ1) is 19.9. The molecular weight excluding hydrogens is 518 g/mol. The molecule has 2 saturated heterocycles. The van der Waals surface area contributed by atoms with Gasteiger partial charge in [0.05, 0.1) is 6.61 Å². The van der Waals surface area contributed by atoms with Crippen molar-refractivity contribution in [2.75, 3.05) is 53.0 Å². The van der Waals surface area contributed by atoms with Gasteiger partial charge in [-0.1, -0.05) is 18.7 Å². The summed E-state index contributed by atoms with van der Waals surface area (Å²) in [5.74, 6) is 1.43. The van der Waals surface area contributed by atoms with Crippen LogP contribution in [0.4, 0.5) is 0 Å². The summed E-state index contributed by atoms with van der Waals surface area (Å²) < 4.78 is 11.9. The number of aryl methyl sites for hydroxylation is 1. The number of hydrogen-bond acceptors (Lipinski definition) is 8. The van der Waals surface area contributed by atoms with E-state index in [4.69, 9.17) is 20.2 Å². The Morgan fingerprint density at radius 1 is 1.32 bits per heavy atom. The number of likely N-dealkylation sites (tertiary alicyclic amines) is 1. The number of ether oxygens (including phenoxy) is 2. The van der Waals surface area contributed by atoms with E-state index in [0.717, 1.165) is 93.8 Å². The van der Waals surface area contributed by atoms with E-state index in [1.165, 1.54) is 5.56 Å². The van der Waals surface area contributed by atoms with Gasteiger partial charge in [0.2, 0.25) is 5.91 Å². The lowest BCUT2D eigenvalue weighted by atomic mass is 9.73. The first-order valence-corrected chi connectivity index (χ1v) is 14.9. The van der Waals surface area contributed by atoms with Gasteiger partial charge in [0.15, 0.2) is 0 Å². The van der Waals surface area contributed by atoms with E-state index < -0.39 is 6.04 Å². The monoisotopic (exact) mass is 565 g/mol. The van der Waals surface area contributed by atoms with Crippen molar-refractivity contribution in [1.82, 2.24) is 15.1 Å². The molecular formula is C32H47N5O4. The van der Waals surface area contributed by atoms with Crippen molar-refractivity contribution in [1.29, 1.82) is 0 Å². The number of nitrogens with zero attached hydrogens (tertiary/aromatic N) is 3. The largest absolute Gasteiger partial charge is 0.492 e. The molecule has 1 amide bonds. The van der Waals surface area contributed by atoms with Gasteiger partial charge in [-0.3, -0.25) is 14.7 Å². The summed E-state index contributed by atoms with van der Waals surface area (Å²) in [6, 6.07) is 3.93. The van der Waals surface area contributed by atoms with Crippen molar-refractivity contribution in [3.05, 3.63) is 53.4 Å². The number of amides is 1. The van der Waals surface area contributed by atoms with Gasteiger partial charge in [0.25, 0.3) is 0 Å². The zero-order valence-corrected chi connectivity index (χ0v) is 24.8. The standard InChI is InChI=1S/C32H47N5O4/c1-4-37(29(6-5-15-38)31(39)34-3)22-27-24(2)7-8-28-30(27)41-23-32(28)11-13-36(14-12-32)21-26(18-33)20-35-19-25-9-16-40-17-10-25/h4,7-8,15,18,20,25,29H,1,5-6,9-14,16-17,19,21-23,33H2,2-3H3,(H,34,39)/b26-18+,35-20?. The van der Waals surface area contributed by atoms with Gasteiger partial charge in [0.1, 0.15) is 18.1 Å². The van der Waals surface area contributed by atoms with Gasteiger partial charge in [-0.2, -0.15) is 0 Å². The van der Waals surface area contributed by atoms with Crippen molar-refractivity contribution >= 4 is 18.4 Å². The Morgan fingerprint density at radius 3 is 2.73 bits per heavy atom. The van der Waals surface area contributed by atoms with Crippen LogP contribution in [0.3, 0.4) is 0 Å². The highest BCUT2D eigenvalue weighted by Gasteiger charge is 2.44. The molecule has 2 fully saturated rings. The Hall–Kier alpha value is -3.17. The molecule has 9 heteroatoms. The molecule has 3 aliphatic rings. The Morgan fingerprint density at radius 2 is 2.07 bits per heavy atom. The van der Waals surface area contributed by atoms with Crippen LogP contribution in [0, 0.1) is 12.8 Å². The quantitative estimate of drug-likeness (QED) is 0.279. The lowest BCUT2D eigenvalue weighted by Gasteiger charge is -2.38. The highest BCUT2D eigenvalue weighted by molar-refractivity contribution is 5.82. The number of carbonyl (C=O) groups is 2.